The number of aromatic nitrogens is 2. The predicted molar refractivity (Wildman–Crippen MR) is 85.6 cm³/mol. The number of halogens is 1. The van der Waals surface area contributed by atoms with Crippen LogP contribution in [-0.2, 0) is 11.2 Å². The molecule has 0 spiro atoms. The number of carbonyl (C=O) groups is 1. The van der Waals surface area contributed by atoms with Crippen LogP contribution in [-0.4, -0.2) is 22.1 Å². The maximum atomic E-state index is 11.7. The predicted octanol–water partition coefficient (Wildman–Crippen LogP) is 2.00. The fourth-order valence-electron chi connectivity index (χ4n) is 1.94. The van der Waals surface area contributed by atoms with E-state index in [0.717, 1.165) is 5.56 Å². The Balaban J connectivity index is 0.00000242. The maximum absolute atomic E-state index is 11.7. The van der Waals surface area contributed by atoms with Crippen LogP contribution in [0.1, 0.15) is 43.6 Å². The van der Waals surface area contributed by atoms with E-state index in [-0.39, 0.29) is 36.8 Å². The van der Waals surface area contributed by atoms with Gasteiger partial charge in [0.15, 0.2) is 5.82 Å². The Morgan fingerprint density at radius 2 is 2.00 bits per heavy atom. The number of benzene rings is 1. The Hall–Kier alpha value is -1.92. The molecule has 0 bridgehead atoms. The van der Waals surface area contributed by atoms with E-state index < -0.39 is 0 Å². The van der Waals surface area contributed by atoms with Crippen LogP contribution in [0.25, 0.3) is 0 Å². The van der Waals surface area contributed by atoms with Gasteiger partial charge in [-0.05, 0) is 19.4 Å². The van der Waals surface area contributed by atoms with Gasteiger partial charge < -0.3 is 15.6 Å². The molecule has 2 atom stereocenters. The van der Waals surface area contributed by atoms with Crippen molar-refractivity contribution < 1.29 is 9.32 Å². The number of rotatable bonds is 6. The van der Waals surface area contributed by atoms with Crippen molar-refractivity contribution in [3.05, 3.63) is 47.6 Å². The van der Waals surface area contributed by atoms with Gasteiger partial charge in [-0.2, -0.15) is 4.98 Å². The van der Waals surface area contributed by atoms with Gasteiger partial charge >= 0.3 is 0 Å². The zero-order valence-electron chi connectivity index (χ0n) is 12.7. The van der Waals surface area contributed by atoms with E-state index in [0.29, 0.717) is 18.1 Å². The van der Waals surface area contributed by atoms with E-state index in [1.165, 1.54) is 0 Å². The molecule has 0 aliphatic heterocycles. The van der Waals surface area contributed by atoms with Crippen LogP contribution in [0.3, 0.4) is 0 Å². The summed E-state index contributed by atoms with van der Waals surface area (Å²) in [5, 5.41) is 6.71. The summed E-state index contributed by atoms with van der Waals surface area (Å²) in [6.45, 7) is 3.60. The number of amides is 1. The molecule has 0 fully saturated rings. The molecule has 0 saturated heterocycles. The second-order valence-electron chi connectivity index (χ2n) is 5.18. The van der Waals surface area contributed by atoms with Gasteiger partial charge in [0.25, 0.3) is 0 Å². The van der Waals surface area contributed by atoms with Crippen molar-refractivity contribution in [1.29, 1.82) is 0 Å². The number of nitrogens with zero attached hydrogens (tertiary/aromatic N) is 2. The highest BCUT2D eigenvalue weighted by molar-refractivity contribution is 5.85. The highest BCUT2D eigenvalue weighted by Crippen LogP contribution is 2.12. The lowest BCUT2D eigenvalue weighted by Gasteiger charge is -2.11. The van der Waals surface area contributed by atoms with E-state index >= 15 is 0 Å². The molecule has 2 rings (SSSR count). The van der Waals surface area contributed by atoms with Gasteiger partial charge in [0, 0.05) is 12.5 Å². The van der Waals surface area contributed by atoms with E-state index in [1.807, 2.05) is 37.3 Å². The number of carbonyl (C=O) groups excluding carboxylic acids is 1. The Morgan fingerprint density at radius 3 is 2.64 bits per heavy atom. The summed E-state index contributed by atoms with van der Waals surface area (Å²) in [4.78, 5) is 16.0. The summed E-state index contributed by atoms with van der Waals surface area (Å²) < 4.78 is 5.22. The second-order valence-corrected chi connectivity index (χ2v) is 5.18. The van der Waals surface area contributed by atoms with Gasteiger partial charge in [-0.3, -0.25) is 4.79 Å². The molecule has 1 heterocycles. The molecule has 1 aromatic carbocycles. The van der Waals surface area contributed by atoms with Crippen molar-refractivity contribution >= 4 is 18.3 Å². The minimum Gasteiger partial charge on any atom is -0.346 e. The molecule has 7 heteroatoms. The minimum atomic E-state index is -0.301. The summed E-state index contributed by atoms with van der Waals surface area (Å²) in [5.74, 6) is 0.885. The molecule has 2 unspecified atom stereocenters. The molecule has 1 aromatic heterocycles. The third-order valence-corrected chi connectivity index (χ3v) is 2.95. The highest BCUT2D eigenvalue weighted by atomic mass is 35.5. The van der Waals surface area contributed by atoms with Crippen LogP contribution < -0.4 is 11.1 Å². The second kappa shape index (κ2) is 8.51. The first-order valence-electron chi connectivity index (χ1n) is 6.96. The van der Waals surface area contributed by atoms with Crippen LogP contribution in [0.4, 0.5) is 0 Å². The zero-order chi connectivity index (χ0) is 15.2. The number of nitrogens with two attached hydrogens (primary N) is 1. The lowest BCUT2D eigenvalue weighted by molar-refractivity contribution is -0.122. The quantitative estimate of drug-likeness (QED) is 0.847. The standard InChI is InChI=1S/C15H20N4O2.ClH/c1-10(16)8-13(20)17-11(2)15-18-14(21-19-15)9-12-6-4-3-5-7-12;/h3-7,10-11H,8-9,16H2,1-2H3,(H,17,20);1H. The van der Waals surface area contributed by atoms with Crippen molar-refractivity contribution in [1.82, 2.24) is 15.5 Å². The normalized spacial score (nSPS) is 13.0. The monoisotopic (exact) mass is 324 g/mol. The van der Waals surface area contributed by atoms with E-state index in [1.54, 1.807) is 6.92 Å². The van der Waals surface area contributed by atoms with Crippen LogP contribution in [0.2, 0.25) is 0 Å². The van der Waals surface area contributed by atoms with Gasteiger partial charge in [-0.25, -0.2) is 0 Å². The van der Waals surface area contributed by atoms with Gasteiger partial charge in [0.05, 0.1) is 12.5 Å². The van der Waals surface area contributed by atoms with E-state index in [4.69, 9.17) is 10.3 Å². The Labute approximate surface area is 135 Å². The summed E-state index contributed by atoms with van der Waals surface area (Å²) >= 11 is 0. The third kappa shape index (κ3) is 5.46. The fraction of sp³-hybridized carbons (Fsp3) is 0.400. The Kier molecular flexibility index (Phi) is 7.01. The summed E-state index contributed by atoms with van der Waals surface area (Å²) in [6.07, 6.45) is 0.855. The Bertz CT molecular complexity index is 586. The Morgan fingerprint density at radius 1 is 1.32 bits per heavy atom. The minimum absolute atomic E-state index is 0. The number of nitrogens with one attached hydrogen (secondary N) is 1. The molecule has 0 radical (unpaired) electrons. The molecule has 0 aliphatic carbocycles. The van der Waals surface area contributed by atoms with E-state index in [2.05, 4.69) is 15.5 Å². The first-order valence-corrected chi connectivity index (χ1v) is 6.96. The molecular weight excluding hydrogens is 304 g/mol. The molecule has 0 saturated carbocycles. The average Bonchev–Trinajstić information content (AvgIpc) is 2.87. The number of hydrogen-bond donors (Lipinski definition) is 2. The molecular formula is C15H21ClN4O2. The zero-order valence-corrected chi connectivity index (χ0v) is 13.5. The molecule has 0 aliphatic rings. The first-order chi connectivity index (χ1) is 10.0. The van der Waals surface area contributed by atoms with Crippen molar-refractivity contribution in [2.45, 2.75) is 38.8 Å². The van der Waals surface area contributed by atoms with Crippen molar-refractivity contribution in [3.8, 4) is 0 Å². The van der Waals surface area contributed by atoms with E-state index in [9.17, 15) is 4.79 Å². The molecule has 1 amide bonds. The molecule has 3 N–H and O–H groups in total. The SMILES string of the molecule is CC(N)CC(=O)NC(C)c1noc(Cc2ccccc2)n1.Cl. The molecule has 2 aromatic rings. The lowest BCUT2D eigenvalue weighted by atomic mass is 10.1. The van der Waals surface area contributed by atoms with Crippen LogP contribution in [0.5, 0.6) is 0 Å². The molecule has 6 nitrogen and oxygen atoms in total. The largest absolute Gasteiger partial charge is 0.346 e. The van der Waals surface area contributed by atoms with Gasteiger partial charge in [0.2, 0.25) is 11.8 Å². The van der Waals surface area contributed by atoms with Crippen molar-refractivity contribution in [2.75, 3.05) is 0 Å². The first kappa shape index (κ1) is 18.1. The van der Waals surface area contributed by atoms with Gasteiger partial charge in [-0.15, -0.1) is 12.4 Å². The lowest BCUT2D eigenvalue weighted by Crippen LogP contribution is -2.32. The van der Waals surface area contributed by atoms with Crippen LogP contribution in [0.15, 0.2) is 34.9 Å². The van der Waals surface area contributed by atoms with Crippen molar-refractivity contribution in [3.63, 3.8) is 0 Å². The van der Waals surface area contributed by atoms with Gasteiger partial charge in [0.1, 0.15) is 0 Å². The molecule has 120 valence electrons. The summed E-state index contributed by atoms with van der Waals surface area (Å²) in [7, 11) is 0. The fourth-order valence-corrected chi connectivity index (χ4v) is 1.94. The summed E-state index contributed by atoms with van der Waals surface area (Å²) in [6, 6.07) is 9.40. The third-order valence-electron chi connectivity index (χ3n) is 2.95. The topological polar surface area (TPSA) is 94.0 Å². The smallest absolute Gasteiger partial charge is 0.231 e. The molecule has 22 heavy (non-hydrogen) atoms. The summed E-state index contributed by atoms with van der Waals surface area (Å²) in [5.41, 5.74) is 6.69. The average molecular weight is 325 g/mol. The highest BCUT2D eigenvalue weighted by Gasteiger charge is 2.16. The van der Waals surface area contributed by atoms with Crippen molar-refractivity contribution in [2.24, 2.45) is 5.73 Å². The van der Waals surface area contributed by atoms with Crippen LogP contribution >= 0.6 is 12.4 Å². The maximum Gasteiger partial charge on any atom is 0.231 e. The number of hydrogen-bond acceptors (Lipinski definition) is 5. The van der Waals surface area contributed by atoms with Gasteiger partial charge in [-0.1, -0.05) is 35.5 Å². The van der Waals surface area contributed by atoms with Crippen LogP contribution in [0, 0.1) is 0 Å².